The van der Waals surface area contributed by atoms with E-state index >= 15 is 0 Å². The van der Waals surface area contributed by atoms with E-state index in [0.29, 0.717) is 6.04 Å². The topological polar surface area (TPSA) is 24.9 Å². The van der Waals surface area contributed by atoms with Crippen LogP contribution in [0.25, 0.3) is 0 Å². The predicted molar refractivity (Wildman–Crippen MR) is 67.3 cm³/mol. The van der Waals surface area contributed by atoms with Crippen molar-refractivity contribution in [3.63, 3.8) is 0 Å². The van der Waals surface area contributed by atoms with Crippen molar-refractivity contribution in [2.75, 3.05) is 7.05 Å². The van der Waals surface area contributed by atoms with Crippen LogP contribution in [0.5, 0.6) is 0 Å². The van der Waals surface area contributed by atoms with Gasteiger partial charge in [-0.05, 0) is 26.3 Å². The lowest BCUT2D eigenvalue weighted by Crippen LogP contribution is -2.16. The number of aryl methyl sites for hydroxylation is 1. The quantitative estimate of drug-likeness (QED) is 0.802. The molecule has 2 nitrogen and oxygen atoms in total. The van der Waals surface area contributed by atoms with Crippen molar-refractivity contribution in [1.29, 1.82) is 0 Å². The van der Waals surface area contributed by atoms with Crippen LogP contribution in [0, 0.1) is 12.8 Å². The van der Waals surface area contributed by atoms with E-state index in [-0.39, 0.29) is 0 Å². The fourth-order valence-electron chi connectivity index (χ4n) is 1.78. The Bertz CT molecular complexity index is 281. The summed E-state index contributed by atoms with van der Waals surface area (Å²) < 4.78 is 0. The Hall–Kier alpha value is -0.410. The van der Waals surface area contributed by atoms with Crippen LogP contribution in [0.4, 0.5) is 0 Å². The lowest BCUT2D eigenvalue weighted by molar-refractivity contribution is 0.473. The molecule has 0 saturated heterocycles. The maximum Gasteiger partial charge on any atom is 0.0798 e. The zero-order valence-corrected chi connectivity index (χ0v) is 11.0. The van der Waals surface area contributed by atoms with Crippen molar-refractivity contribution in [2.45, 2.75) is 46.1 Å². The third kappa shape index (κ3) is 3.92. The first-order valence-corrected chi connectivity index (χ1v) is 6.60. The molecule has 0 aliphatic rings. The molecule has 0 aliphatic heterocycles. The Morgan fingerprint density at radius 2 is 2.13 bits per heavy atom. The molecule has 0 aliphatic carbocycles. The largest absolute Gasteiger partial charge is 0.312 e. The first-order chi connectivity index (χ1) is 7.15. The van der Waals surface area contributed by atoms with Crippen molar-refractivity contribution < 1.29 is 0 Å². The Labute approximate surface area is 97.1 Å². The van der Waals surface area contributed by atoms with Gasteiger partial charge in [-0.3, -0.25) is 0 Å². The summed E-state index contributed by atoms with van der Waals surface area (Å²) in [6.07, 6.45) is 3.83. The van der Waals surface area contributed by atoms with Crippen LogP contribution in [-0.4, -0.2) is 12.0 Å². The Morgan fingerprint density at radius 3 is 2.60 bits per heavy atom. The van der Waals surface area contributed by atoms with E-state index in [1.54, 1.807) is 11.3 Å². The number of hydrogen-bond acceptors (Lipinski definition) is 3. The summed E-state index contributed by atoms with van der Waals surface area (Å²) in [6, 6.07) is 0.497. The maximum atomic E-state index is 4.31. The summed E-state index contributed by atoms with van der Waals surface area (Å²) in [5.41, 5.74) is 3.13. The van der Waals surface area contributed by atoms with Gasteiger partial charge in [0.05, 0.1) is 11.2 Å². The minimum atomic E-state index is 0.497. The van der Waals surface area contributed by atoms with E-state index in [1.165, 1.54) is 29.8 Å². The van der Waals surface area contributed by atoms with Crippen LogP contribution in [-0.2, 0) is 0 Å². The van der Waals surface area contributed by atoms with Crippen LogP contribution in [0.2, 0.25) is 0 Å². The Kier molecular flexibility index (Phi) is 5.26. The molecular formula is C12H22N2S. The predicted octanol–water partition coefficient (Wildman–Crippen LogP) is 3.54. The Balaban J connectivity index is 2.46. The molecule has 1 rings (SSSR count). The van der Waals surface area contributed by atoms with Gasteiger partial charge in [-0.1, -0.05) is 26.7 Å². The molecule has 1 aromatic heterocycles. The molecule has 3 heteroatoms. The van der Waals surface area contributed by atoms with E-state index in [0.717, 1.165) is 5.92 Å². The van der Waals surface area contributed by atoms with Crippen molar-refractivity contribution in [1.82, 2.24) is 10.3 Å². The van der Waals surface area contributed by atoms with Gasteiger partial charge < -0.3 is 5.32 Å². The van der Waals surface area contributed by atoms with Gasteiger partial charge in [-0.25, -0.2) is 4.98 Å². The summed E-state index contributed by atoms with van der Waals surface area (Å²) >= 11 is 1.77. The molecule has 0 spiro atoms. The number of thiazole rings is 1. The summed E-state index contributed by atoms with van der Waals surface area (Å²) in [5, 5.41) is 3.39. The van der Waals surface area contributed by atoms with E-state index in [9.17, 15) is 0 Å². The third-order valence-electron chi connectivity index (χ3n) is 2.72. The average molecular weight is 226 g/mol. The fraction of sp³-hybridized carbons (Fsp3) is 0.750. The molecule has 0 aromatic carbocycles. The lowest BCUT2D eigenvalue weighted by Gasteiger charge is -2.15. The van der Waals surface area contributed by atoms with Crippen molar-refractivity contribution in [2.24, 2.45) is 5.92 Å². The van der Waals surface area contributed by atoms with E-state index in [2.05, 4.69) is 31.1 Å². The van der Waals surface area contributed by atoms with Crippen LogP contribution in [0.1, 0.15) is 49.7 Å². The minimum Gasteiger partial charge on any atom is -0.312 e. The second-order valence-electron chi connectivity index (χ2n) is 4.47. The van der Waals surface area contributed by atoms with Gasteiger partial charge in [-0.2, -0.15) is 0 Å². The molecule has 0 bridgehead atoms. The van der Waals surface area contributed by atoms with Gasteiger partial charge in [0.25, 0.3) is 0 Å². The molecular weight excluding hydrogens is 204 g/mol. The van der Waals surface area contributed by atoms with Gasteiger partial charge in [-0.15, -0.1) is 11.3 Å². The molecule has 0 fully saturated rings. The highest BCUT2D eigenvalue weighted by atomic mass is 32.1. The van der Waals surface area contributed by atoms with Crippen LogP contribution in [0.3, 0.4) is 0 Å². The van der Waals surface area contributed by atoms with E-state index in [1.807, 2.05) is 12.6 Å². The average Bonchev–Trinajstić information content (AvgIpc) is 2.59. The molecule has 0 radical (unpaired) electrons. The SMILES string of the molecule is CNC(CCCC(C)C)c1scnc1C. The van der Waals surface area contributed by atoms with Crippen LogP contribution in [0.15, 0.2) is 5.51 Å². The molecule has 86 valence electrons. The smallest absolute Gasteiger partial charge is 0.0798 e. The number of rotatable bonds is 6. The van der Waals surface area contributed by atoms with Gasteiger partial charge in [0.15, 0.2) is 0 Å². The van der Waals surface area contributed by atoms with Gasteiger partial charge >= 0.3 is 0 Å². The third-order valence-corrected chi connectivity index (χ3v) is 3.77. The highest BCUT2D eigenvalue weighted by Gasteiger charge is 2.13. The highest BCUT2D eigenvalue weighted by molar-refractivity contribution is 7.09. The summed E-state index contributed by atoms with van der Waals surface area (Å²) in [6.45, 7) is 6.66. The zero-order valence-electron chi connectivity index (χ0n) is 10.2. The number of hydrogen-bond donors (Lipinski definition) is 1. The first kappa shape index (κ1) is 12.7. The van der Waals surface area contributed by atoms with Crippen LogP contribution >= 0.6 is 11.3 Å². The zero-order chi connectivity index (χ0) is 11.3. The number of aromatic nitrogens is 1. The second kappa shape index (κ2) is 6.23. The van der Waals surface area contributed by atoms with Crippen molar-refractivity contribution in [3.8, 4) is 0 Å². The minimum absolute atomic E-state index is 0.497. The Morgan fingerprint density at radius 1 is 1.40 bits per heavy atom. The van der Waals surface area contributed by atoms with Gasteiger partial charge in [0.1, 0.15) is 0 Å². The summed E-state index contributed by atoms with van der Waals surface area (Å²) in [5.74, 6) is 0.810. The second-order valence-corrected chi connectivity index (χ2v) is 5.35. The molecule has 1 unspecified atom stereocenters. The molecule has 1 atom stereocenters. The van der Waals surface area contributed by atoms with E-state index < -0.39 is 0 Å². The van der Waals surface area contributed by atoms with Gasteiger partial charge in [0, 0.05) is 10.9 Å². The summed E-state index contributed by atoms with van der Waals surface area (Å²) in [4.78, 5) is 5.71. The summed E-state index contributed by atoms with van der Waals surface area (Å²) in [7, 11) is 2.04. The maximum absolute atomic E-state index is 4.31. The molecule has 1 aromatic rings. The molecule has 0 saturated carbocycles. The number of nitrogens with one attached hydrogen (secondary N) is 1. The van der Waals surface area contributed by atoms with Crippen molar-refractivity contribution >= 4 is 11.3 Å². The van der Waals surface area contributed by atoms with E-state index in [4.69, 9.17) is 0 Å². The molecule has 15 heavy (non-hydrogen) atoms. The highest BCUT2D eigenvalue weighted by Crippen LogP contribution is 2.26. The standard InChI is InChI=1S/C12H22N2S/c1-9(2)6-5-7-11(13-4)12-10(3)14-8-15-12/h8-9,11,13H,5-7H2,1-4H3. The normalized spacial score (nSPS) is 13.4. The lowest BCUT2D eigenvalue weighted by atomic mass is 10.0. The first-order valence-electron chi connectivity index (χ1n) is 5.72. The molecule has 1 N–H and O–H groups in total. The molecule has 0 amide bonds. The van der Waals surface area contributed by atoms with Crippen LogP contribution < -0.4 is 5.32 Å². The number of nitrogens with zero attached hydrogens (tertiary/aromatic N) is 1. The monoisotopic (exact) mass is 226 g/mol. The molecule has 1 heterocycles. The van der Waals surface area contributed by atoms with Crippen molar-refractivity contribution in [3.05, 3.63) is 16.1 Å². The van der Waals surface area contributed by atoms with Gasteiger partial charge in [0.2, 0.25) is 0 Å². The fourth-order valence-corrected chi connectivity index (χ4v) is 2.73.